The summed E-state index contributed by atoms with van der Waals surface area (Å²) in [5.74, 6) is -1.52. The van der Waals surface area contributed by atoms with Crippen molar-refractivity contribution in [3.05, 3.63) is 76.0 Å². The summed E-state index contributed by atoms with van der Waals surface area (Å²) in [7, 11) is 0. The lowest BCUT2D eigenvalue weighted by Gasteiger charge is -2.14. The summed E-state index contributed by atoms with van der Waals surface area (Å²) in [4.78, 5) is 16.7. The Morgan fingerprint density at radius 2 is 2.04 bits per heavy atom. The number of aliphatic carboxylic acids is 1. The Bertz CT molecular complexity index is 875. The number of nitrogens with zero attached hydrogens (tertiary/aromatic N) is 1. The fourth-order valence-electron chi connectivity index (χ4n) is 2.67. The molecule has 0 saturated heterocycles. The largest absolute Gasteiger partial charge is 0.481 e. The number of carboxylic acid groups (broad SMARTS) is 1. The van der Waals surface area contributed by atoms with Crippen LogP contribution in [0.4, 0.5) is 4.39 Å². The van der Waals surface area contributed by atoms with Crippen LogP contribution < -0.4 is 0 Å². The van der Waals surface area contributed by atoms with E-state index in [1.165, 1.54) is 17.4 Å². The van der Waals surface area contributed by atoms with Gasteiger partial charge in [0.1, 0.15) is 10.8 Å². The molecule has 1 unspecified atom stereocenters. The van der Waals surface area contributed by atoms with Crippen molar-refractivity contribution in [2.45, 2.75) is 19.3 Å². The van der Waals surface area contributed by atoms with Crippen LogP contribution in [0.3, 0.4) is 0 Å². The molecule has 5 heteroatoms. The van der Waals surface area contributed by atoms with Crippen molar-refractivity contribution in [3.63, 3.8) is 0 Å². The molecular weight excluding hydrogens is 325 g/mol. The maximum Gasteiger partial charge on any atom is 0.304 e. The second-order valence-corrected chi connectivity index (χ2v) is 6.83. The predicted molar refractivity (Wildman–Crippen MR) is 92.8 cm³/mol. The van der Waals surface area contributed by atoms with Crippen molar-refractivity contribution >= 4 is 17.3 Å². The summed E-state index contributed by atoms with van der Waals surface area (Å²) in [6.45, 7) is 1.94. The maximum atomic E-state index is 14.0. The number of hydrogen-bond acceptors (Lipinski definition) is 3. The second-order valence-electron chi connectivity index (χ2n) is 5.56. The Morgan fingerprint density at radius 3 is 2.71 bits per heavy atom. The molecule has 0 spiro atoms. The van der Waals surface area contributed by atoms with Gasteiger partial charge in [-0.1, -0.05) is 42.5 Å². The smallest absolute Gasteiger partial charge is 0.304 e. The van der Waals surface area contributed by atoms with E-state index in [0.29, 0.717) is 5.56 Å². The van der Waals surface area contributed by atoms with Gasteiger partial charge >= 0.3 is 5.97 Å². The number of rotatable bonds is 5. The average Bonchev–Trinajstić information content (AvgIpc) is 2.99. The van der Waals surface area contributed by atoms with Crippen molar-refractivity contribution in [3.8, 4) is 11.1 Å². The molecule has 1 heterocycles. The van der Waals surface area contributed by atoms with Crippen LogP contribution in [0.5, 0.6) is 0 Å². The first-order chi connectivity index (χ1) is 11.5. The lowest BCUT2D eigenvalue weighted by molar-refractivity contribution is -0.137. The fourth-order valence-corrected chi connectivity index (χ4v) is 3.58. The van der Waals surface area contributed by atoms with Crippen LogP contribution in [0.15, 0.2) is 54.7 Å². The van der Waals surface area contributed by atoms with Gasteiger partial charge in [-0.15, -0.1) is 11.3 Å². The number of benzene rings is 2. The first-order valence-electron chi connectivity index (χ1n) is 7.53. The third-order valence-electron chi connectivity index (χ3n) is 3.79. The average molecular weight is 341 g/mol. The van der Waals surface area contributed by atoms with Crippen LogP contribution in [-0.2, 0) is 4.79 Å². The minimum absolute atomic E-state index is 0.0479. The maximum absolute atomic E-state index is 14.0. The normalized spacial score (nSPS) is 12.1. The van der Waals surface area contributed by atoms with Crippen molar-refractivity contribution < 1.29 is 14.3 Å². The molecule has 3 rings (SSSR count). The number of aromatic nitrogens is 1. The Balaban J connectivity index is 2.04. The van der Waals surface area contributed by atoms with Crippen LogP contribution in [-0.4, -0.2) is 16.1 Å². The molecular formula is C19H16FNO2S. The summed E-state index contributed by atoms with van der Waals surface area (Å²) in [6.07, 6.45) is 1.70. The van der Waals surface area contributed by atoms with Gasteiger partial charge in [-0.05, 0) is 24.1 Å². The standard InChI is InChI=1S/C19H16FNO2S/c1-12-11-21-19(24-12)16(10-18(22)23)14-6-4-5-13(9-14)15-7-2-3-8-17(15)20/h2-9,11,16H,10H2,1H3,(H,22,23). The Hall–Kier alpha value is -2.53. The molecule has 0 aliphatic carbocycles. The number of carboxylic acids is 1. The number of halogens is 1. The van der Waals surface area contributed by atoms with Gasteiger partial charge in [-0.2, -0.15) is 0 Å². The van der Waals surface area contributed by atoms with E-state index in [2.05, 4.69) is 4.98 Å². The molecule has 0 fully saturated rings. The number of thiazole rings is 1. The van der Waals surface area contributed by atoms with E-state index in [1.54, 1.807) is 24.4 Å². The Labute approximate surface area is 143 Å². The van der Waals surface area contributed by atoms with Crippen LogP contribution in [0.25, 0.3) is 11.1 Å². The second kappa shape index (κ2) is 6.93. The summed E-state index contributed by atoms with van der Waals surface area (Å²) >= 11 is 1.49. The van der Waals surface area contributed by atoms with E-state index < -0.39 is 5.97 Å². The van der Waals surface area contributed by atoms with E-state index in [1.807, 2.05) is 31.2 Å². The molecule has 24 heavy (non-hydrogen) atoms. The van der Waals surface area contributed by atoms with E-state index in [4.69, 9.17) is 0 Å². The summed E-state index contributed by atoms with van der Waals surface area (Å²) in [5.41, 5.74) is 2.06. The van der Waals surface area contributed by atoms with Crippen molar-refractivity contribution in [1.29, 1.82) is 0 Å². The van der Waals surface area contributed by atoms with Crippen molar-refractivity contribution in [2.24, 2.45) is 0 Å². The van der Waals surface area contributed by atoms with Gasteiger partial charge in [-0.25, -0.2) is 9.37 Å². The van der Waals surface area contributed by atoms with Crippen LogP contribution in [0.1, 0.15) is 27.8 Å². The van der Waals surface area contributed by atoms with Crippen LogP contribution in [0.2, 0.25) is 0 Å². The predicted octanol–water partition coefficient (Wildman–Crippen LogP) is 4.86. The molecule has 0 radical (unpaired) electrons. The zero-order valence-electron chi connectivity index (χ0n) is 13.1. The monoisotopic (exact) mass is 341 g/mol. The molecule has 0 bridgehead atoms. The minimum Gasteiger partial charge on any atom is -0.481 e. The zero-order chi connectivity index (χ0) is 17.1. The molecule has 122 valence electrons. The van der Waals surface area contributed by atoms with Crippen LogP contribution in [0, 0.1) is 12.7 Å². The summed E-state index contributed by atoms with van der Waals surface area (Å²) in [5, 5.41) is 10.0. The van der Waals surface area contributed by atoms with E-state index in [-0.39, 0.29) is 18.2 Å². The van der Waals surface area contributed by atoms with Gasteiger partial charge in [0, 0.05) is 22.6 Å². The van der Waals surface area contributed by atoms with Gasteiger partial charge in [0.15, 0.2) is 0 Å². The first kappa shape index (κ1) is 16.3. The first-order valence-corrected chi connectivity index (χ1v) is 8.35. The quantitative estimate of drug-likeness (QED) is 0.721. The van der Waals surface area contributed by atoms with Gasteiger partial charge in [0.2, 0.25) is 0 Å². The topological polar surface area (TPSA) is 50.2 Å². The SMILES string of the molecule is Cc1cnc(C(CC(=O)O)c2cccc(-c3ccccc3F)c2)s1. The molecule has 3 aromatic rings. The number of hydrogen-bond donors (Lipinski definition) is 1. The highest BCUT2D eigenvalue weighted by atomic mass is 32.1. The molecule has 1 aromatic heterocycles. The van der Waals surface area contributed by atoms with Crippen molar-refractivity contribution in [1.82, 2.24) is 4.98 Å². The number of aryl methyl sites for hydroxylation is 1. The van der Waals surface area contributed by atoms with Gasteiger partial charge < -0.3 is 5.11 Å². The molecule has 2 aromatic carbocycles. The number of carbonyl (C=O) groups is 1. The molecule has 3 nitrogen and oxygen atoms in total. The van der Waals surface area contributed by atoms with E-state index >= 15 is 0 Å². The summed E-state index contributed by atoms with van der Waals surface area (Å²) in [6, 6.07) is 13.9. The zero-order valence-corrected chi connectivity index (χ0v) is 13.9. The van der Waals surface area contributed by atoms with E-state index in [9.17, 15) is 14.3 Å². The van der Waals surface area contributed by atoms with Gasteiger partial charge in [0.25, 0.3) is 0 Å². The van der Waals surface area contributed by atoms with Gasteiger partial charge in [0.05, 0.1) is 6.42 Å². The van der Waals surface area contributed by atoms with Gasteiger partial charge in [-0.3, -0.25) is 4.79 Å². The molecule has 0 amide bonds. The molecule has 0 aliphatic heterocycles. The summed E-state index contributed by atoms with van der Waals surface area (Å²) < 4.78 is 14.0. The van der Waals surface area contributed by atoms with Crippen molar-refractivity contribution in [2.75, 3.05) is 0 Å². The Morgan fingerprint density at radius 1 is 1.25 bits per heavy atom. The Kier molecular flexibility index (Phi) is 4.71. The molecule has 0 aliphatic rings. The van der Waals surface area contributed by atoms with Crippen LogP contribution >= 0.6 is 11.3 Å². The third kappa shape index (κ3) is 3.51. The lowest BCUT2D eigenvalue weighted by Crippen LogP contribution is -2.08. The van der Waals surface area contributed by atoms with E-state index in [0.717, 1.165) is 21.0 Å². The highest BCUT2D eigenvalue weighted by Crippen LogP contribution is 2.33. The molecule has 0 saturated carbocycles. The molecule has 1 N–H and O–H groups in total. The lowest BCUT2D eigenvalue weighted by atomic mass is 9.93. The minimum atomic E-state index is -0.885. The highest BCUT2D eigenvalue weighted by Gasteiger charge is 2.21. The highest BCUT2D eigenvalue weighted by molar-refractivity contribution is 7.11. The third-order valence-corrected chi connectivity index (χ3v) is 4.82. The molecule has 1 atom stereocenters. The fraction of sp³-hybridized carbons (Fsp3) is 0.158.